The van der Waals surface area contributed by atoms with Crippen molar-refractivity contribution in [2.24, 2.45) is 0 Å². The minimum absolute atomic E-state index is 0.285. The molecule has 0 atom stereocenters. The SMILES string of the molecule is CCOc1cc(/C=C/C(=O)c2c(OCC)ccc(OCC)c2OCC)c(OCC)c(OC)c1. The monoisotopic (exact) mass is 458 g/mol. The van der Waals surface area contributed by atoms with Crippen LogP contribution >= 0.6 is 0 Å². The van der Waals surface area contributed by atoms with Crippen LogP contribution in [0.5, 0.6) is 34.5 Å². The molecule has 180 valence electrons. The molecule has 2 rings (SSSR count). The fraction of sp³-hybridized carbons (Fsp3) is 0.423. The van der Waals surface area contributed by atoms with Gasteiger partial charge in [-0.2, -0.15) is 0 Å². The van der Waals surface area contributed by atoms with Gasteiger partial charge in [0.15, 0.2) is 28.8 Å². The summed E-state index contributed by atoms with van der Waals surface area (Å²) in [4.78, 5) is 13.4. The number of carbonyl (C=O) groups is 1. The summed E-state index contributed by atoms with van der Waals surface area (Å²) in [5.41, 5.74) is 0.969. The Balaban J connectivity index is 2.57. The summed E-state index contributed by atoms with van der Waals surface area (Å²) in [7, 11) is 1.56. The van der Waals surface area contributed by atoms with Crippen molar-refractivity contribution in [3.63, 3.8) is 0 Å². The lowest BCUT2D eigenvalue weighted by Gasteiger charge is -2.17. The molecule has 7 heteroatoms. The number of benzene rings is 2. The zero-order valence-corrected chi connectivity index (χ0v) is 20.4. The van der Waals surface area contributed by atoms with Gasteiger partial charge < -0.3 is 28.4 Å². The van der Waals surface area contributed by atoms with Gasteiger partial charge in [0.2, 0.25) is 0 Å². The van der Waals surface area contributed by atoms with E-state index in [1.54, 1.807) is 31.4 Å². The molecule has 7 nitrogen and oxygen atoms in total. The van der Waals surface area contributed by atoms with Crippen LogP contribution in [0.2, 0.25) is 0 Å². The predicted molar refractivity (Wildman–Crippen MR) is 129 cm³/mol. The van der Waals surface area contributed by atoms with E-state index in [2.05, 4.69) is 0 Å². The first-order chi connectivity index (χ1) is 16.0. The standard InChI is InChI=1S/C26H34O7/c1-7-29-19-16-18(25(32-10-4)23(17-19)28-6)12-13-20(27)24-21(30-8-2)14-15-22(31-9-3)26(24)33-11-5/h12-17H,7-11H2,1-6H3/b13-12+. The van der Waals surface area contributed by atoms with E-state index < -0.39 is 0 Å². The van der Waals surface area contributed by atoms with Gasteiger partial charge in [-0.1, -0.05) is 0 Å². The van der Waals surface area contributed by atoms with E-state index in [0.29, 0.717) is 78.7 Å². The Morgan fingerprint density at radius 1 is 0.727 bits per heavy atom. The van der Waals surface area contributed by atoms with E-state index in [9.17, 15) is 4.79 Å². The first kappa shape index (κ1) is 25.9. The van der Waals surface area contributed by atoms with Gasteiger partial charge in [-0.25, -0.2) is 0 Å². The Hall–Kier alpha value is -3.35. The van der Waals surface area contributed by atoms with Gasteiger partial charge >= 0.3 is 0 Å². The van der Waals surface area contributed by atoms with E-state index >= 15 is 0 Å². The minimum atomic E-state index is -0.285. The fourth-order valence-corrected chi connectivity index (χ4v) is 3.28. The highest BCUT2D eigenvalue weighted by Gasteiger charge is 2.22. The Morgan fingerprint density at radius 3 is 1.91 bits per heavy atom. The zero-order valence-electron chi connectivity index (χ0n) is 20.4. The Morgan fingerprint density at radius 2 is 1.30 bits per heavy atom. The highest BCUT2D eigenvalue weighted by Crippen LogP contribution is 2.40. The van der Waals surface area contributed by atoms with Crippen molar-refractivity contribution in [2.75, 3.05) is 40.1 Å². The number of carbonyl (C=O) groups excluding carboxylic acids is 1. The molecule has 0 fully saturated rings. The summed E-state index contributed by atoms with van der Waals surface area (Å²) < 4.78 is 34.1. The van der Waals surface area contributed by atoms with Crippen LogP contribution in [0.4, 0.5) is 0 Å². The fourth-order valence-electron chi connectivity index (χ4n) is 3.28. The molecule has 0 heterocycles. The number of rotatable bonds is 14. The summed E-state index contributed by atoms with van der Waals surface area (Å²) in [6.07, 6.45) is 3.14. The molecule has 0 radical (unpaired) electrons. The molecule has 0 bridgehead atoms. The van der Waals surface area contributed by atoms with Crippen molar-refractivity contribution < 1.29 is 33.2 Å². The first-order valence-electron chi connectivity index (χ1n) is 11.3. The molecule has 0 saturated carbocycles. The molecule has 0 N–H and O–H groups in total. The van der Waals surface area contributed by atoms with Crippen molar-refractivity contribution in [1.29, 1.82) is 0 Å². The summed E-state index contributed by atoms with van der Waals surface area (Å²) in [5, 5.41) is 0. The molecule has 0 spiro atoms. The van der Waals surface area contributed by atoms with Crippen LogP contribution in [0.25, 0.3) is 6.08 Å². The normalized spacial score (nSPS) is 10.7. The van der Waals surface area contributed by atoms with Gasteiger partial charge in [0, 0.05) is 11.6 Å². The molecule has 0 saturated heterocycles. The number of methoxy groups -OCH3 is 1. The van der Waals surface area contributed by atoms with E-state index in [0.717, 1.165) is 0 Å². The highest BCUT2D eigenvalue weighted by molar-refractivity contribution is 6.11. The van der Waals surface area contributed by atoms with Crippen LogP contribution in [0, 0.1) is 0 Å². The van der Waals surface area contributed by atoms with Gasteiger partial charge in [0.05, 0.1) is 40.1 Å². The van der Waals surface area contributed by atoms with Gasteiger partial charge in [-0.3, -0.25) is 4.79 Å². The van der Waals surface area contributed by atoms with Crippen LogP contribution in [-0.4, -0.2) is 45.9 Å². The summed E-state index contributed by atoms with van der Waals surface area (Å²) in [6, 6.07) is 7.05. The maximum atomic E-state index is 13.4. The van der Waals surface area contributed by atoms with E-state index in [1.807, 2.05) is 40.7 Å². The maximum Gasteiger partial charge on any atom is 0.193 e. The summed E-state index contributed by atoms with van der Waals surface area (Å²) >= 11 is 0. The third kappa shape index (κ3) is 6.57. The molecule has 0 unspecified atom stereocenters. The number of allylic oxidation sites excluding steroid dienone is 1. The maximum absolute atomic E-state index is 13.4. The molecular formula is C26H34O7. The number of ketones is 1. The average molecular weight is 459 g/mol. The summed E-state index contributed by atoms with van der Waals surface area (Å²) in [6.45, 7) is 11.5. The molecule has 0 amide bonds. The molecule has 0 aliphatic heterocycles. The van der Waals surface area contributed by atoms with Crippen LogP contribution in [0.3, 0.4) is 0 Å². The van der Waals surface area contributed by atoms with Crippen LogP contribution in [0.15, 0.2) is 30.3 Å². The van der Waals surface area contributed by atoms with E-state index in [1.165, 1.54) is 6.08 Å². The van der Waals surface area contributed by atoms with E-state index in [-0.39, 0.29) is 5.78 Å². The van der Waals surface area contributed by atoms with E-state index in [4.69, 9.17) is 28.4 Å². The van der Waals surface area contributed by atoms with Crippen LogP contribution in [-0.2, 0) is 0 Å². The molecule has 2 aromatic carbocycles. The Labute approximate surface area is 196 Å². The van der Waals surface area contributed by atoms with Crippen molar-refractivity contribution in [3.05, 3.63) is 41.5 Å². The van der Waals surface area contributed by atoms with Crippen molar-refractivity contribution >= 4 is 11.9 Å². The van der Waals surface area contributed by atoms with Gasteiger partial charge in [0.1, 0.15) is 17.1 Å². The molecule has 2 aromatic rings. The molecule has 33 heavy (non-hydrogen) atoms. The lowest BCUT2D eigenvalue weighted by molar-refractivity contribution is 0.103. The van der Waals surface area contributed by atoms with Crippen LogP contribution in [0.1, 0.15) is 50.5 Å². The second-order valence-electron chi connectivity index (χ2n) is 6.67. The molecule has 0 aromatic heterocycles. The average Bonchev–Trinajstić information content (AvgIpc) is 2.81. The number of ether oxygens (including phenoxy) is 6. The lowest BCUT2D eigenvalue weighted by atomic mass is 10.0. The number of hydrogen-bond acceptors (Lipinski definition) is 7. The summed E-state index contributed by atoms with van der Waals surface area (Å²) in [5.74, 6) is 2.69. The largest absolute Gasteiger partial charge is 0.494 e. The van der Waals surface area contributed by atoms with Crippen molar-refractivity contribution in [3.8, 4) is 34.5 Å². The second kappa shape index (κ2) is 13.3. The zero-order chi connectivity index (χ0) is 24.2. The third-order valence-corrected chi connectivity index (χ3v) is 4.51. The Bertz CT molecular complexity index is 950. The molecule has 0 aliphatic rings. The van der Waals surface area contributed by atoms with Gasteiger partial charge in [-0.05, 0) is 65.0 Å². The second-order valence-corrected chi connectivity index (χ2v) is 6.67. The van der Waals surface area contributed by atoms with Gasteiger partial charge in [0.25, 0.3) is 0 Å². The molecular weight excluding hydrogens is 424 g/mol. The molecule has 0 aliphatic carbocycles. The predicted octanol–water partition coefficient (Wildman–Crippen LogP) is 5.58. The quantitative estimate of drug-likeness (QED) is 0.270. The van der Waals surface area contributed by atoms with Crippen LogP contribution < -0.4 is 28.4 Å². The minimum Gasteiger partial charge on any atom is -0.494 e. The Kier molecular flexibility index (Phi) is 10.4. The lowest BCUT2D eigenvalue weighted by Crippen LogP contribution is -2.08. The first-order valence-corrected chi connectivity index (χ1v) is 11.3. The van der Waals surface area contributed by atoms with Crippen molar-refractivity contribution in [2.45, 2.75) is 34.6 Å². The topological polar surface area (TPSA) is 72.5 Å². The smallest absolute Gasteiger partial charge is 0.193 e. The van der Waals surface area contributed by atoms with Crippen molar-refractivity contribution in [1.82, 2.24) is 0 Å². The van der Waals surface area contributed by atoms with Gasteiger partial charge in [-0.15, -0.1) is 0 Å². The number of hydrogen-bond donors (Lipinski definition) is 0. The third-order valence-electron chi connectivity index (χ3n) is 4.51. The highest BCUT2D eigenvalue weighted by atomic mass is 16.5.